The molecule has 0 aliphatic carbocycles. The van der Waals surface area contributed by atoms with Crippen LogP contribution in [0.5, 0.6) is 0 Å². The third-order valence-electron chi connectivity index (χ3n) is 4.05. The summed E-state index contributed by atoms with van der Waals surface area (Å²) in [7, 11) is 0. The second kappa shape index (κ2) is 8.29. The number of hydrogen-bond acceptors (Lipinski definition) is 3. The molecule has 0 aliphatic rings. The summed E-state index contributed by atoms with van der Waals surface area (Å²) in [5.74, 6) is -0.235. The predicted molar refractivity (Wildman–Crippen MR) is 102 cm³/mol. The van der Waals surface area contributed by atoms with Crippen molar-refractivity contribution in [3.63, 3.8) is 0 Å². The molecule has 0 bridgehead atoms. The van der Waals surface area contributed by atoms with E-state index in [1.165, 1.54) is 0 Å². The van der Waals surface area contributed by atoms with Crippen molar-refractivity contribution < 1.29 is 9.59 Å². The van der Waals surface area contributed by atoms with Gasteiger partial charge in [-0.3, -0.25) is 9.59 Å². The van der Waals surface area contributed by atoms with Crippen LogP contribution in [0.3, 0.4) is 0 Å². The lowest BCUT2D eigenvalue weighted by Gasteiger charge is -2.09. The molecular weight excluding hydrogens is 328 g/mol. The monoisotopic (exact) mass is 350 g/mol. The Morgan fingerprint density at radius 1 is 1.12 bits per heavy atom. The van der Waals surface area contributed by atoms with E-state index in [0.29, 0.717) is 30.8 Å². The Balaban J connectivity index is 1.59. The highest BCUT2D eigenvalue weighted by atomic mass is 16.2. The molecule has 0 spiro atoms. The van der Waals surface area contributed by atoms with E-state index in [2.05, 4.69) is 15.6 Å². The third-order valence-corrected chi connectivity index (χ3v) is 4.05. The van der Waals surface area contributed by atoms with Crippen molar-refractivity contribution in [1.82, 2.24) is 14.9 Å². The lowest BCUT2D eigenvalue weighted by atomic mass is 10.2. The van der Waals surface area contributed by atoms with Gasteiger partial charge in [0.05, 0.1) is 17.4 Å². The number of para-hydroxylation sites is 2. The first-order valence-corrected chi connectivity index (χ1v) is 8.75. The number of carbonyl (C=O) groups is 2. The molecule has 0 saturated carbocycles. The molecule has 0 unspecified atom stereocenters. The van der Waals surface area contributed by atoms with Gasteiger partial charge in [0.2, 0.25) is 5.91 Å². The van der Waals surface area contributed by atoms with E-state index in [9.17, 15) is 9.59 Å². The molecule has 0 saturated heterocycles. The molecule has 2 amide bonds. The molecule has 0 radical (unpaired) electrons. The number of amides is 2. The van der Waals surface area contributed by atoms with Gasteiger partial charge in [0.25, 0.3) is 5.91 Å². The van der Waals surface area contributed by atoms with E-state index in [4.69, 9.17) is 0 Å². The number of nitrogens with zero attached hydrogens (tertiary/aromatic N) is 2. The van der Waals surface area contributed by atoms with Crippen LogP contribution in [0.1, 0.15) is 30.1 Å². The highest BCUT2D eigenvalue weighted by molar-refractivity contribution is 5.97. The SMILES string of the molecule is CCCNC(=O)c1cccc(NC(=O)CCn2cnc3ccccc32)c1. The molecular formula is C20H22N4O2. The second-order valence-electron chi connectivity index (χ2n) is 6.06. The lowest BCUT2D eigenvalue weighted by Crippen LogP contribution is -2.24. The highest BCUT2D eigenvalue weighted by Gasteiger charge is 2.08. The van der Waals surface area contributed by atoms with E-state index in [-0.39, 0.29) is 11.8 Å². The topological polar surface area (TPSA) is 76.0 Å². The van der Waals surface area contributed by atoms with Crippen LogP contribution in [0.25, 0.3) is 11.0 Å². The van der Waals surface area contributed by atoms with Gasteiger partial charge >= 0.3 is 0 Å². The van der Waals surface area contributed by atoms with Gasteiger partial charge in [0.15, 0.2) is 0 Å². The van der Waals surface area contributed by atoms with Crippen molar-refractivity contribution in [1.29, 1.82) is 0 Å². The van der Waals surface area contributed by atoms with E-state index in [1.807, 2.05) is 35.8 Å². The molecule has 0 aliphatic heterocycles. The van der Waals surface area contributed by atoms with Gasteiger partial charge in [-0.25, -0.2) is 4.98 Å². The van der Waals surface area contributed by atoms with Crippen LogP contribution < -0.4 is 10.6 Å². The number of aromatic nitrogens is 2. The number of aryl methyl sites for hydroxylation is 1. The molecule has 6 heteroatoms. The van der Waals surface area contributed by atoms with Crippen LogP contribution in [0.15, 0.2) is 54.9 Å². The summed E-state index contributed by atoms with van der Waals surface area (Å²) in [5.41, 5.74) is 3.08. The van der Waals surface area contributed by atoms with Crippen LogP contribution >= 0.6 is 0 Å². The Hall–Kier alpha value is -3.15. The van der Waals surface area contributed by atoms with Gasteiger partial charge in [-0.2, -0.15) is 0 Å². The molecule has 3 aromatic rings. The molecule has 3 rings (SSSR count). The molecule has 26 heavy (non-hydrogen) atoms. The molecule has 2 aromatic carbocycles. The van der Waals surface area contributed by atoms with E-state index < -0.39 is 0 Å². The van der Waals surface area contributed by atoms with E-state index in [1.54, 1.807) is 30.6 Å². The summed E-state index contributed by atoms with van der Waals surface area (Å²) in [6.07, 6.45) is 2.95. The minimum atomic E-state index is -0.132. The van der Waals surface area contributed by atoms with Crippen LogP contribution in [0, 0.1) is 0 Å². The Morgan fingerprint density at radius 2 is 1.96 bits per heavy atom. The first-order chi connectivity index (χ1) is 12.7. The van der Waals surface area contributed by atoms with E-state index >= 15 is 0 Å². The molecule has 1 heterocycles. The normalized spacial score (nSPS) is 10.7. The maximum Gasteiger partial charge on any atom is 0.251 e. The summed E-state index contributed by atoms with van der Waals surface area (Å²) in [6.45, 7) is 3.18. The number of nitrogens with one attached hydrogen (secondary N) is 2. The molecule has 0 atom stereocenters. The van der Waals surface area contributed by atoms with Crippen LogP contribution in [-0.2, 0) is 11.3 Å². The van der Waals surface area contributed by atoms with Gasteiger partial charge in [0, 0.05) is 30.8 Å². The predicted octanol–water partition coefficient (Wildman–Crippen LogP) is 3.20. The standard InChI is InChI=1S/C20H22N4O2/c1-2-11-21-20(26)15-6-5-7-16(13-15)23-19(25)10-12-24-14-22-17-8-3-4-9-18(17)24/h3-9,13-14H,2,10-12H2,1H3,(H,21,26)(H,23,25). The zero-order valence-electron chi connectivity index (χ0n) is 14.7. The Kier molecular flexibility index (Phi) is 5.63. The summed E-state index contributed by atoms with van der Waals surface area (Å²) < 4.78 is 1.96. The molecule has 134 valence electrons. The largest absolute Gasteiger partial charge is 0.352 e. The fourth-order valence-electron chi connectivity index (χ4n) is 2.71. The number of carbonyl (C=O) groups excluding carboxylic acids is 2. The van der Waals surface area contributed by atoms with Gasteiger partial charge in [-0.05, 0) is 36.8 Å². The van der Waals surface area contributed by atoms with Gasteiger partial charge < -0.3 is 15.2 Å². The average Bonchev–Trinajstić information content (AvgIpc) is 3.08. The highest BCUT2D eigenvalue weighted by Crippen LogP contribution is 2.14. The molecule has 2 N–H and O–H groups in total. The fraction of sp³-hybridized carbons (Fsp3) is 0.250. The minimum Gasteiger partial charge on any atom is -0.352 e. The minimum absolute atomic E-state index is 0.103. The number of rotatable bonds is 7. The molecule has 1 aromatic heterocycles. The number of imidazole rings is 1. The number of hydrogen-bond donors (Lipinski definition) is 2. The van der Waals surface area contributed by atoms with Crippen LogP contribution in [0.4, 0.5) is 5.69 Å². The Bertz CT molecular complexity index is 917. The average molecular weight is 350 g/mol. The van der Waals surface area contributed by atoms with Crippen molar-refractivity contribution >= 4 is 28.5 Å². The maximum atomic E-state index is 12.3. The van der Waals surface area contributed by atoms with Gasteiger partial charge in [-0.15, -0.1) is 0 Å². The van der Waals surface area contributed by atoms with Crippen molar-refractivity contribution in [2.75, 3.05) is 11.9 Å². The zero-order chi connectivity index (χ0) is 18.4. The fourth-order valence-corrected chi connectivity index (χ4v) is 2.71. The Labute approximate surface area is 152 Å². The lowest BCUT2D eigenvalue weighted by molar-refractivity contribution is -0.116. The van der Waals surface area contributed by atoms with Gasteiger partial charge in [0.1, 0.15) is 0 Å². The summed E-state index contributed by atoms with van der Waals surface area (Å²) in [5, 5.41) is 5.68. The molecule has 0 fully saturated rings. The second-order valence-corrected chi connectivity index (χ2v) is 6.06. The number of benzene rings is 2. The smallest absolute Gasteiger partial charge is 0.251 e. The van der Waals surface area contributed by atoms with Crippen molar-refractivity contribution in [2.24, 2.45) is 0 Å². The Morgan fingerprint density at radius 3 is 2.81 bits per heavy atom. The van der Waals surface area contributed by atoms with Crippen LogP contribution in [-0.4, -0.2) is 27.9 Å². The first kappa shape index (κ1) is 17.7. The number of fused-ring (bicyclic) bond motifs is 1. The van der Waals surface area contributed by atoms with Crippen molar-refractivity contribution in [3.8, 4) is 0 Å². The summed E-state index contributed by atoms with van der Waals surface area (Å²) >= 11 is 0. The van der Waals surface area contributed by atoms with Crippen molar-refractivity contribution in [3.05, 3.63) is 60.4 Å². The maximum absolute atomic E-state index is 12.3. The third kappa shape index (κ3) is 4.27. The summed E-state index contributed by atoms with van der Waals surface area (Å²) in [6, 6.07) is 14.8. The van der Waals surface area contributed by atoms with Crippen LogP contribution in [0.2, 0.25) is 0 Å². The molecule has 6 nitrogen and oxygen atoms in total. The first-order valence-electron chi connectivity index (χ1n) is 8.75. The summed E-state index contributed by atoms with van der Waals surface area (Å²) in [4.78, 5) is 28.6. The quantitative estimate of drug-likeness (QED) is 0.687. The van der Waals surface area contributed by atoms with Gasteiger partial charge in [-0.1, -0.05) is 25.1 Å². The van der Waals surface area contributed by atoms with E-state index in [0.717, 1.165) is 17.5 Å². The number of anilines is 1. The van der Waals surface area contributed by atoms with Crippen molar-refractivity contribution in [2.45, 2.75) is 26.3 Å². The zero-order valence-corrected chi connectivity index (χ0v) is 14.7.